The van der Waals surface area contributed by atoms with Crippen LogP contribution >= 0.6 is 0 Å². The molecule has 0 aliphatic rings. The molecule has 278 valence electrons. The lowest BCUT2D eigenvalue weighted by Crippen LogP contribution is -2.11. The highest BCUT2D eigenvalue weighted by Crippen LogP contribution is 2.42. The van der Waals surface area contributed by atoms with E-state index in [9.17, 15) is 0 Å². The van der Waals surface area contributed by atoms with Gasteiger partial charge in [0.25, 0.3) is 0 Å². The van der Waals surface area contributed by atoms with Crippen molar-refractivity contribution in [3.05, 3.63) is 199 Å². The highest BCUT2D eigenvalue weighted by Gasteiger charge is 2.20. The summed E-state index contributed by atoms with van der Waals surface area (Å²) in [5, 5.41) is 0. The van der Waals surface area contributed by atoms with Crippen LogP contribution in [0.1, 0.15) is 16.7 Å². The number of anilines is 3. The highest BCUT2D eigenvalue weighted by atomic mass is 15.1. The van der Waals surface area contributed by atoms with E-state index in [1.807, 2.05) is 110 Å². The predicted octanol–water partition coefficient (Wildman–Crippen LogP) is 12.5. The fourth-order valence-corrected chi connectivity index (χ4v) is 7.70. The van der Waals surface area contributed by atoms with E-state index in [0.717, 1.165) is 101 Å². The summed E-state index contributed by atoms with van der Waals surface area (Å²) in [6, 6.07) is 50.1. The van der Waals surface area contributed by atoms with Crippen LogP contribution < -0.4 is 4.90 Å². The van der Waals surface area contributed by atoms with Gasteiger partial charge in [-0.25, -0.2) is 0 Å². The summed E-state index contributed by atoms with van der Waals surface area (Å²) in [6.45, 7) is 6.49. The molecule has 0 saturated heterocycles. The van der Waals surface area contributed by atoms with Crippen LogP contribution in [-0.2, 0) is 0 Å². The van der Waals surface area contributed by atoms with Crippen LogP contribution in [0.15, 0.2) is 183 Å². The number of pyridine rings is 6. The first-order valence-electron chi connectivity index (χ1n) is 19.3. The molecule has 0 atom stereocenters. The van der Waals surface area contributed by atoms with Crippen LogP contribution in [0.25, 0.3) is 67.5 Å². The maximum absolute atomic E-state index is 4.77. The number of benzene rings is 3. The van der Waals surface area contributed by atoms with Gasteiger partial charge in [0.1, 0.15) is 0 Å². The molecule has 0 aliphatic carbocycles. The molecule has 9 rings (SSSR count). The summed E-state index contributed by atoms with van der Waals surface area (Å²) < 4.78 is 0. The second kappa shape index (κ2) is 15.8. The fourth-order valence-electron chi connectivity index (χ4n) is 7.70. The lowest BCUT2D eigenvalue weighted by molar-refractivity contribution is 1.23. The van der Waals surface area contributed by atoms with Crippen LogP contribution in [0, 0.1) is 20.8 Å². The van der Waals surface area contributed by atoms with Gasteiger partial charge in [0.05, 0.1) is 34.2 Å². The van der Waals surface area contributed by atoms with E-state index in [2.05, 4.69) is 113 Å². The second-order valence-corrected chi connectivity index (χ2v) is 14.2. The molecule has 0 spiro atoms. The van der Waals surface area contributed by atoms with E-state index in [1.165, 1.54) is 0 Å². The molecule has 9 aromatic rings. The largest absolute Gasteiger partial charge is 0.310 e. The Morgan fingerprint density at radius 1 is 0.293 bits per heavy atom. The van der Waals surface area contributed by atoms with E-state index in [0.29, 0.717) is 0 Å². The molecule has 0 bridgehead atoms. The molecule has 3 aromatic carbocycles. The van der Waals surface area contributed by atoms with Gasteiger partial charge in [-0.05, 0) is 145 Å². The van der Waals surface area contributed by atoms with Gasteiger partial charge >= 0.3 is 0 Å². The van der Waals surface area contributed by atoms with Gasteiger partial charge in [-0.3, -0.25) is 29.9 Å². The Balaban J connectivity index is 1.17. The molecule has 6 aromatic heterocycles. The molecule has 0 unspecified atom stereocenters. The molecule has 7 heteroatoms. The van der Waals surface area contributed by atoms with Crippen molar-refractivity contribution in [1.82, 2.24) is 29.9 Å². The van der Waals surface area contributed by atoms with Gasteiger partial charge in [0.15, 0.2) is 0 Å². The summed E-state index contributed by atoms with van der Waals surface area (Å²) in [7, 11) is 0. The molecule has 0 radical (unpaired) electrons. The minimum absolute atomic E-state index is 0.842. The topological polar surface area (TPSA) is 80.6 Å². The third-order valence-corrected chi connectivity index (χ3v) is 10.4. The fraction of sp³-hybridized carbons (Fsp3) is 0.0588. The smallest absolute Gasteiger partial charge is 0.0964 e. The molecule has 0 fully saturated rings. The minimum Gasteiger partial charge on any atom is -0.310 e. The maximum atomic E-state index is 4.77. The third-order valence-electron chi connectivity index (χ3n) is 10.4. The molecular weight excluding hydrogens is 711 g/mol. The Kier molecular flexibility index (Phi) is 9.84. The lowest BCUT2D eigenvalue weighted by atomic mass is 9.95. The number of aromatic nitrogens is 6. The van der Waals surface area contributed by atoms with E-state index in [1.54, 1.807) is 0 Å². The van der Waals surface area contributed by atoms with Crippen molar-refractivity contribution < 1.29 is 0 Å². The SMILES string of the molecule is Cc1cc(N(c2ccc(-c3cccnc3-c3ccccn3)c(C)c2)c2ccc(-c3cccnc3-c3ccccn3)c(C)c2)ccc1-c1cccnc1-c1ccccn1. The number of nitrogens with zero attached hydrogens (tertiary/aromatic N) is 7. The van der Waals surface area contributed by atoms with Gasteiger partial charge < -0.3 is 4.90 Å². The van der Waals surface area contributed by atoms with Crippen molar-refractivity contribution in [2.45, 2.75) is 20.8 Å². The Morgan fingerprint density at radius 3 is 0.879 bits per heavy atom. The quantitative estimate of drug-likeness (QED) is 0.145. The number of hydrogen-bond acceptors (Lipinski definition) is 7. The molecule has 58 heavy (non-hydrogen) atoms. The zero-order chi connectivity index (χ0) is 39.4. The molecule has 0 aliphatic heterocycles. The van der Waals surface area contributed by atoms with Crippen molar-refractivity contribution >= 4 is 17.1 Å². The summed E-state index contributed by atoms with van der Waals surface area (Å²) in [5.74, 6) is 0. The Labute approximate surface area is 338 Å². The van der Waals surface area contributed by atoms with Crippen LogP contribution in [0.3, 0.4) is 0 Å². The lowest BCUT2D eigenvalue weighted by Gasteiger charge is -2.28. The highest BCUT2D eigenvalue weighted by molar-refractivity contribution is 5.88. The van der Waals surface area contributed by atoms with Gasteiger partial charge in [0, 0.05) is 70.9 Å². The van der Waals surface area contributed by atoms with Crippen molar-refractivity contribution in [3.63, 3.8) is 0 Å². The van der Waals surface area contributed by atoms with E-state index in [-0.39, 0.29) is 0 Å². The standard InChI is InChI=1S/C51H39N7/c1-34-31-37(19-22-40(34)43-13-10-28-55-49(43)46-16-4-7-25-52-46)58(38-20-23-41(35(2)32-38)44-14-11-29-56-50(44)47-17-5-8-26-53-47)39-21-24-42(36(3)33-39)45-15-12-30-57-51(45)48-18-6-9-27-54-48/h4-33H,1-3H3. The first-order chi connectivity index (χ1) is 28.5. The normalized spacial score (nSPS) is 11.0. The molecular formula is C51H39N7. The number of hydrogen-bond donors (Lipinski definition) is 0. The van der Waals surface area contributed by atoms with Gasteiger partial charge in [-0.2, -0.15) is 0 Å². The molecule has 0 saturated carbocycles. The van der Waals surface area contributed by atoms with Crippen molar-refractivity contribution in [3.8, 4) is 67.5 Å². The van der Waals surface area contributed by atoms with E-state index < -0.39 is 0 Å². The zero-order valence-corrected chi connectivity index (χ0v) is 32.5. The van der Waals surface area contributed by atoms with Gasteiger partial charge in [0.2, 0.25) is 0 Å². The summed E-state index contributed by atoms with van der Waals surface area (Å²) in [5.41, 5.74) is 18.0. The van der Waals surface area contributed by atoms with Crippen molar-refractivity contribution in [2.24, 2.45) is 0 Å². The summed E-state index contributed by atoms with van der Waals surface area (Å²) >= 11 is 0. The second-order valence-electron chi connectivity index (χ2n) is 14.2. The first-order valence-corrected chi connectivity index (χ1v) is 19.3. The van der Waals surface area contributed by atoms with Crippen molar-refractivity contribution in [2.75, 3.05) is 4.90 Å². The maximum Gasteiger partial charge on any atom is 0.0964 e. The first kappa shape index (κ1) is 36.0. The van der Waals surface area contributed by atoms with Crippen LogP contribution in [0.2, 0.25) is 0 Å². The summed E-state index contributed by atoms with van der Waals surface area (Å²) in [6.07, 6.45) is 10.9. The molecule has 7 nitrogen and oxygen atoms in total. The van der Waals surface area contributed by atoms with Crippen LogP contribution in [0.4, 0.5) is 17.1 Å². The van der Waals surface area contributed by atoms with Gasteiger partial charge in [-0.1, -0.05) is 54.6 Å². The van der Waals surface area contributed by atoms with E-state index >= 15 is 0 Å². The number of aryl methyl sites for hydroxylation is 3. The Bertz CT molecular complexity index is 2560. The monoisotopic (exact) mass is 749 g/mol. The Hall–Kier alpha value is -7.64. The summed E-state index contributed by atoms with van der Waals surface area (Å²) in [4.78, 5) is 30.5. The Morgan fingerprint density at radius 2 is 0.603 bits per heavy atom. The van der Waals surface area contributed by atoms with E-state index in [4.69, 9.17) is 15.0 Å². The average Bonchev–Trinajstić information content (AvgIpc) is 3.28. The van der Waals surface area contributed by atoms with Crippen LogP contribution in [-0.4, -0.2) is 29.9 Å². The van der Waals surface area contributed by atoms with Crippen LogP contribution in [0.5, 0.6) is 0 Å². The minimum atomic E-state index is 0.842. The molecule has 0 N–H and O–H groups in total. The molecule has 6 heterocycles. The van der Waals surface area contributed by atoms with Gasteiger partial charge in [-0.15, -0.1) is 0 Å². The predicted molar refractivity (Wildman–Crippen MR) is 235 cm³/mol. The zero-order valence-electron chi connectivity index (χ0n) is 32.5. The molecule has 0 amide bonds. The van der Waals surface area contributed by atoms with Crippen molar-refractivity contribution in [1.29, 1.82) is 0 Å². The number of rotatable bonds is 9. The average molecular weight is 750 g/mol. The third kappa shape index (κ3) is 7.01.